The predicted molar refractivity (Wildman–Crippen MR) is 70.3 cm³/mol. The number of rotatable bonds is 2. The van der Waals surface area contributed by atoms with Crippen LogP contribution in [0.15, 0.2) is 0 Å². The molecule has 1 saturated carbocycles. The third-order valence-corrected chi connectivity index (χ3v) is 3.77. The molecule has 1 aromatic heterocycles. The zero-order valence-corrected chi connectivity index (χ0v) is 10.5. The molecule has 1 heterocycles. The fourth-order valence-corrected chi connectivity index (χ4v) is 2.77. The molecule has 0 aliphatic heterocycles. The summed E-state index contributed by atoms with van der Waals surface area (Å²) in [6, 6.07) is 0.335. The van der Waals surface area contributed by atoms with Gasteiger partial charge in [-0.2, -0.15) is 0 Å². The van der Waals surface area contributed by atoms with E-state index in [2.05, 4.69) is 27.4 Å². The van der Waals surface area contributed by atoms with Crippen molar-refractivity contribution in [2.45, 2.75) is 51.0 Å². The lowest BCUT2D eigenvalue weighted by Crippen LogP contribution is -2.36. The largest absolute Gasteiger partial charge is 0.347 e. The van der Waals surface area contributed by atoms with Gasteiger partial charge in [-0.25, -0.2) is 4.98 Å². The summed E-state index contributed by atoms with van der Waals surface area (Å²) in [5, 5.41) is 5.01. The van der Waals surface area contributed by atoms with E-state index in [1.54, 1.807) is 0 Å². The zero-order valence-electron chi connectivity index (χ0n) is 10.5. The zero-order chi connectivity index (χ0) is 12.4. The van der Waals surface area contributed by atoms with E-state index in [9.17, 15) is 4.79 Å². The molecule has 2 aliphatic carbocycles. The monoisotopic (exact) mass is 245 g/mol. The molecule has 0 aromatic carbocycles. The summed E-state index contributed by atoms with van der Waals surface area (Å²) in [7, 11) is 0. The molecule has 2 aliphatic rings. The minimum atomic E-state index is -0.0573. The molecule has 1 amide bonds. The van der Waals surface area contributed by atoms with Gasteiger partial charge in [-0.1, -0.05) is 31.4 Å². The molecule has 1 aromatic rings. The first-order chi connectivity index (χ1) is 8.83. The van der Waals surface area contributed by atoms with E-state index < -0.39 is 0 Å². The van der Waals surface area contributed by atoms with Crippen molar-refractivity contribution in [3.05, 3.63) is 16.5 Å². The molecular formula is C14H19N3O. The van der Waals surface area contributed by atoms with Crippen LogP contribution in [-0.4, -0.2) is 21.9 Å². The van der Waals surface area contributed by atoms with Gasteiger partial charge in [-0.3, -0.25) is 4.79 Å². The lowest BCUT2D eigenvalue weighted by atomic mass is 9.95. The molecule has 96 valence electrons. The van der Waals surface area contributed by atoms with Crippen LogP contribution in [0.5, 0.6) is 0 Å². The molecule has 2 N–H and O–H groups in total. The van der Waals surface area contributed by atoms with E-state index in [0.717, 1.165) is 36.4 Å². The second-order valence-corrected chi connectivity index (χ2v) is 5.18. The molecule has 0 unspecified atom stereocenters. The summed E-state index contributed by atoms with van der Waals surface area (Å²) in [6.07, 6.45) is 12.2. The average Bonchev–Trinajstić information content (AvgIpc) is 2.84. The number of hydrogen-bond donors (Lipinski definition) is 2. The minimum absolute atomic E-state index is 0.0573. The molecule has 3 rings (SSSR count). The van der Waals surface area contributed by atoms with Crippen molar-refractivity contribution in [1.29, 1.82) is 0 Å². The Morgan fingerprint density at radius 1 is 1.22 bits per heavy atom. The topological polar surface area (TPSA) is 57.8 Å². The van der Waals surface area contributed by atoms with Crippen molar-refractivity contribution in [2.75, 3.05) is 0 Å². The fraction of sp³-hybridized carbons (Fsp3) is 0.571. The van der Waals surface area contributed by atoms with Gasteiger partial charge in [0.2, 0.25) is 0 Å². The highest BCUT2D eigenvalue weighted by molar-refractivity contribution is 5.90. The van der Waals surface area contributed by atoms with Crippen molar-refractivity contribution in [2.24, 2.45) is 0 Å². The van der Waals surface area contributed by atoms with Crippen LogP contribution < -0.4 is 16.0 Å². The van der Waals surface area contributed by atoms with E-state index in [1.165, 1.54) is 19.3 Å². The summed E-state index contributed by atoms with van der Waals surface area (Å²) in [6.45, 7) is 0. The minimum Gasteiger partial charge on any atom is -0.347 e. The van der Waals surface area contributed by atoms with E-state index in [1.807, 2.05) is 0 Å². The molecule has 0 saturated heterocycles. The van der Waals surface area contributed by atoms with Gasteiger partial charge in [-0.15, -0.1) is 0 Å². The summed E-state index contributed by atoms with van der Waals surface area (Å²) < 4.78 is 0. The van der Waals surface area contributed by atoms with Gasteiger partial charge in [0, 0.05) is 6.04 Å². The number of nitrogens with one attached hydrogen (secondary N) is 2. The number of amides is 1. The van der Waals surface area contributed by atoms with Gasteiger partial charge < -0.3 is 10.3 Å². The summed E-state index contributed by atoms with van der Waals surface area (Å²) in [5.41, 5.74) is 0. The van der Waals surface area contributed by atoms with Crippen LogP contribution in [0, 0.1) is 0 Å². The quantitative estimate of drug-likeness (QED) is 0.810. The molecule has 0 radical (unpaired) electrons. The SMILES string of the molecule is O=C(NC1CCCCC1)c1nc2c([nH]1)=CCCC=2. The van der Waals surface area contributed by atoms with Crippen molar-refractivity contribution in [3.8, 4) is 0 Å². The van der Waals surface area contributed by atoms with Gasteiger partial charge in [0.25, 0.3) is 5.91 Å². The molecule has 4 heteroatoms. The van der Waals surface area contributed by atoms with E-state index in [0.29, 0.717) is 11.9 Å². The number of aromatic amines is 1. The Labute approximate surface area is 106 Å². The summed E-state index contributed by atoms with van der Waals surface area (Å²) >= 11 is 0. The Kier molecular flexibility index (Phi) is 3.17. The Bertz CT molecular complexity index is 519. The standard InChI is InChI=1S/C14H19N3O/c18-14(15-10-6-2-1-3-7-10)13-16-11-8-4-5-9-12(11)17-13/h8-10H,1-7H2,(H,15,18)(H,16,17). The molecule has 1 fully saturated rings. The molecule has 0 atom stereocenters. The van der Waals surface area contributed by atoms with E-state index in [-0.39, 0.29) is 5.91 Å². The van der Waals surface area contributed by atoms with Crippen molar-refractivity contribution < 1.29 is 4.79 Å². The van der Waals surface area contributed by atoms with Crippen LogP contribution in [0.3, 0.4) is 0 Å². The van der Waals surface area contributed by atoms with Gasteiger partial charge in [0.1, 0.15) is 0 Å². The Morgan fingerprint density at radius 3 is 2.78 bits per heavy atom. The fourth-order valence-electron chi connectivity index (χ4n) is 2.77. The number of carbonyl (C=O) groups is 1. The lowest BCUT2D eigenvalue weighted by molar-refractivity contribution is 0.0918. The van der Waals surface area contributed by atoms with Crippen molar-refractivity contribution >= 4 is 18.1 Å². The molecule has 4 nitrogen and oxygen atoms in total. The summed E-state index contributed by atoms with van der Waals surface area (Å²) in [4.78, 5) is 19.6. The molecule has 18 heavy (non-hydrogen) atoms. The third kappa shape index (κ3) is 2.33. The first-order valence-corrected chi connectivity index (χ1v) is 6.90. The van der Waals surface area contributed by atoms with Gasteiger partial charge >= 0.3 is 0 Å². The smallest absolute Gasteiger partial charge is 0.287 e. The first-order valence-electron chi connectivity index (χ1n) is 6.90. The van der Waals surface area contributed by atoms with Crippen LogP contribution in [0.1, 0.15) is 55.6 Å². The summed E-state index contributed by atoms with van der Waals surface area (Å²) in [5.74, 6) is 0.401. The second kappa shape index (κ2) is 4.96. The third-order valence-electron chi connectivity index (χ3n) is 3.77. The van der Waals surface area contributed by atoms with Gasteiger partial charge in [-0.05, 0) is 25.7 Å². The number of fused-ring (bicyclic) bond motifs is 1. The Morgan fingerprint density at radius 2 is 2.00 bits per heavy atom. The van der Waals surface area contributed by atoms with Crippen molar-refractivity contribution in [3.63, 3.8) is 0 Å². The number of hydrogen-bond acceptors (Lipinski definition) is 2. The predicted octanol–water partition coefficient (Wildman–Crippen LogP) is 0.827. The van der Waals surface area contributed by atoms with E-state index in [4.69, 9.17) is 0 Å². The molecule has 0 spiro atoms. The first kappa shape index (κ1) is 11.5. The highest BCUT2D eigenvalue weighted by Crippen LogP contribution is 2.17. The van der Waals surface area contributed by atoms with Crippen LogP contribution in [0.25, 0.3) is 12.2 Å². The Balaban J connectivity index is 1.74. The van der Waals surface area contributed by atoms with Gasteiger partial charge in [0.05, 0.1) is 10.7 Å². The van der Waals surface area contributed by atoms with Crippen molar-refractivity contribution in [1.82, 2.24) is 15.3 Å². The number of carbonyl (C=O) groups excluding carboxylic acids is 1. The maximum atomic E-state index is 12.1. The second-order valence-electron chi connectivity index (χ2n) is 5.18. The van der Waals surface area contributed by atoms with E-state index >= 15 is 0 Å². The number of aromatic nitrogens is 2. The number of H-pyrrole nitrogens is 1. The lowest BCUT2D eigenvalue weighted by Gasteiger charge is -2.22. The average molecular weight is 245 g/mol. The van der Waals surface area contributed by atoms with Gasteiger partial charge in [0.15, 0.2) is 5.82 Å². The maximum Gasteiger partial charge on any atom is 0.287 e. The number of nitrogens with zero attached hydrogens (tertiary/aromatic N) is 1. The van der Waals surface area contributed by atoms with Crippen LogP contribution in [0.4, 0.5) is 0 Å². The molecular weight excluding hydrogens is 226 g/mol. The molecule has 0 bridgehead atoms. The Hall–Kier alpha value is -1.58. The van der Waals surface area contributed by atoms with Crippen LogP contribution in [-0.2, 0) is 0 Å². The highest BCUT2D eigenvalue weighted by atomic mass is 16.2. The van der Waals surface area contributed by atoms with Crippen LogP contribution in [0.2, 0.25) is 0 Å². The number of imidazole rings is 1. The highest BCUT2D eigenvalue weighted by Gasteiger charge is 2.18. The normalized spacial score (nSPS) is 19.6. The van der Waals surface area contributed by atoms with Crippen LogP contribution >= 0.6 is 0 Å². The maximum absolute atomic E-state index is 12.1.